The first kappa shape index (κ1) is 17.5. The van der Waals surface area contributed by atoms with Crippen molar-refractivity contribution in [1.29, 1.82) is 0 Å². The molecule has 23 heavy (non-hydrogen) atoms. The van der Waals surface area contributed by atoms with Gasteiger partial charge in [0.05, 0.1) is 8.15 Å². The third kappa shape index (κ3) is 5.05. The van der Waals surface area contributed by atoms with Crippen LogP contribution in [0.1, 0.15) is 64.2 Å². The van der Waals surface area contributed by atoms with Crippen LogP contribution in [0.15, 0.2) is 24.3 Å². The van der Waals surface area contributed by atoms with Crippen molar-refractivity contribution in [3.63, 3.8) is 0 Å². The molecule has 128 valence electrons. The quantitative estimate of drug-likeness (QED) is 0.636. The van der Waals surface area contributed by atoms with Gasteiger partial charge in [-0.15, -0.1) is 0 Å². The van der Waals surface area contributed by atoms with Crippen LogP contribution in [0, 0.1) is 0 Å². The van der Waals surface area contributed by atoms with Gasteiger partial charge in [-0.1, -0.05) is 44.6 Å². The summed E-state index contributed by atoms with van der Waals surface area (Å²) in [5.41, 5.74) is 1.54. The fourth-order valence-corrected chi connectivity index (χ4v) is 7.12. The predicted molar refractivity (Wildman–Crippen MR) is 98.9 cm³/mol. The Hall–Kier alpha value is -0.360. The lowest BCUT2D eigenvalue weighted by Crippen LogP contribution is -2.23. The average Bonchev–Trinajstić information content (AvgIpc) is 2.62. The molecule has 2 fully saturated rings. The van der Waals surface area contributed by atoms with Gasteiger partial charge < -0.3 is 13.9 Å². The van der Waals surface area contributed by atoms with Crippen molar-refractivity contribution < 1.29 is 13.9 Å². The van der Waals surface area contributed by atoms with Gasteiger partial charge in [-0.3, -0.25) is 0 Å². The van der Waals surface area contributed by atoms with Crippen molar-refractivity contribution in [3.05, 3.63) is 24.3 Å². The maximum Gasteiger partial charge on any atom is 0.212 e. The van der Waals surface area contributed by atoms with E-state index in [1.807, 2.05) is 24.3 Å². The number of benzene rings is 1. The average molecular weight is 354 g/mol. The van der Waals surface area contributed by atoms with Gasteiger partial charge in [-0.05, 0) is 37.8 Å². The van der Waals surface area contributed by atoms with E-state index in [4.69, 9.17) is 13.9 Å². The first-order valence-electron chi connectivity index (χ1n) is 8.99. The molecule has 1 unspecified atom stereocenters. The molecule has 3 rings (SSSR count). The molecule has 0 spiro atoms. The first-order chi connectivity index (χ1) is 11.4. The fraction of sp³-hybridized carbons (Fsp3) is 0.667. The van der Waals surface area contributed by atoms with Gasteiger partial charge in [-0.2, -0.15) is 0 Å². The van der Waals surface area contributed by atoms with Gasteiger partial charge in [0.1, 0.15) is 11.5 Å². The Morgan fingerprint density at radius 1 is 0.870 bits per heavy atom. The molecule has 2 aliphatic rings. The highest BCUT2D eigenvalue weighted by Gasteiger charge is 2.33. The Bertz CT molecular complexity index is 453. The van der Waals surface area contributed by atoms with Crippen LogP contribution in [0.3, 0.4) is 0 Å². The molecule has 1 atom stereocenters. The van der Waals surface area contributed by atoms with E-state index in [1.165, 1.54) is 64.2 Å². The zero-order valence-electron chi connectivity index (χ0n) is 13.7. The molecule has 0 radical (unpaired) electrons. The molecule has 3 nitrogen and oxygen atoms in total. The van der Waals surface area contributed by atoms with Crippen LogP contribution >= 0.6 is 17.2 Å². The summed E-state index contributed by atoms with van der Waals surface area (Å²) in [6.07, 6.45) is 13.6. The summed E-state index contributed by atoms with van der Waals surface area (Å²) >= 11 is 0. The molecule has 1 aromatic carbocycles. The van der Waals surface area contributed by atoms with E-state index in [1.54, 1.807) is 0 Å². The molecule has 5 heteroatoms. The normalized spacial score (nSPS) is 21.1. The maximum atomic E-state index is 8.97. The topological polar surface area (TPSA) is 38.7 Å². The van der Waals surface area contributed by atoms with Gasteiger partial charge in [0.2, 0.25) is 9.03 Å². The van der Waals surface area contributed by atoms with Crippen LogP contribution in [-0.2, 0) is 0 Å². The largest absolute Gasteiger partial charge is 0.473 e. The minimum absolute atomic E-state index is 0.411. The summed E-state index contributed by atoms with van der Waals surface area (Å²) in [4.78, 5) is 8.97. The molecule has 1 aromatic rings. The standard InChI is InChI=1S/C18H28O3P2/c19-22-20-15-8-7-9-16(14-15)21-23(17-10-3-1-4-11-17)18-12-5-2-6-13-18/h7-9,14,17-19,22H,1-6,10-13H2. The Kier molecular flexibility index (Phi) is 6.99. The summed E-state index contributed by atoms with van der Waals surface area (Å²) in [6, 6.07) is 7.80. The van der Waals surface area contributed by atoms with E-state index in [0.717, 1.165) is 17.1 Å². The lowest BCUT2D eigenvalue weighted by Gasteiger charge is -2.37. The zero-order valence-corrected chi connectivity index (χ0v) is 15.6. The maximum absolute atomic E-state index is 8.97. The third-order valence-corrected chi connectivity index (χ3v) is 8.27. The summed E-state index contributed by atoms with van der Waals surface area (Å²) in [7, 11) is -0.924. The van der Waals surface area contributed by atoms with Crippen LogP contribution < -0.4 is 9.05 Å². The smallest absolute Gasteiger partial charge is 0.212 e. The molecule has 0 aliphatic heterocycles. The molecule has 1 N–H and O–H groups in total. The van der Waals surface area contributed by atoms with E-state index in [2.05, 4.69) is 0 Å². The Balaban J connectivity index is 1.72. The third-order valence-electron chi connectivity index (χ3n) is 5.05. The fourth-order valence-electron chi connectivity index (χ4n) is 3.89. The van der Waals surface area contributed by atoms with Crippen molar-refractivity contribution in [2.45, 2.75) is 75.5 Å². The van der Waals surface area contributed by atoms with Crippen LogP contribution in [0.4, 0.5) is 0 Å². The summed E-state index contributed by atoms with van der Waals surface area (Å²) in [6.45, 7) is 0. The Morgan fingerprint density at radius 3 is 2.00 bits per heavy atom. The molecular formula is C18H28O3P2. The zero-order chi connectivity index (χ0) is 15.9. The van der Waals surface area contributed by atoms with Crippen LogP contribution in [0.25, 0.3) is 0 Å². The predicted octanol–water partition coefficient (Wildman–Crippen LogP) is 6.01. The van der Waals surface area contributed by atoms with Crippen LogP contribution in [-0.4, -0.2) is 16.2 Å². The van der Waals surface area contributed by atoms with E-state index in [-0.39, 0.29) is 0 Å². The summed E-state index contributed by atoms with van der Waals surface area (Å²) in [5, 5.41) is 0. The van der Waals surface area contributed by atoms with Crippen molar-refractivity contribution in [3.8, 4) is 11.5 Å². The van der Waals surface area contributed by atoms with Crippen molar-refractivity contribution in [2.24, 2.45) is 0 Å². The summed E-state index contributed by atoms with van der Waals surface area (Å²) < 4.78 is 11.8. The van der Waals surface area contributed by atoms with Crippen molar-refractivity contribution in [2.75, 3.05) is 0 Å². The number of rotatable bonds is 6. The second kappa shape index (κ2) is 9.21. The van der Waals surface area contributed by atoms with Gasteiger partial charge in [0, 0.05) is 17.4 Å². The molecule has 0 amide bonds. The summed E-state index contributed by atoms with van der Waals surface area (Å²) in [5.74, 6) is 1.62. The SMILES string of the molecule is OPOc1cccc(OP(C2CCCCC2)C2CCCCC2)c1. The lowest BCUT2D eigenvalue weighted by atomic mass is 10.00. The molecular weight excluding hydrogens is 326 g/mol. The number of hydrogen-bond donors (Lipinski definition) is 1. The van der Waals surface area contributed by atoms with Crippen molar-refractivity contribution >= 4 is 17.2 Å². The monoisotopic (exact) mass is 354 g/mol. The molecule has 0 aromatic heterocycles. The first-order valence-corrected chi connectivity index (χ1v) is 11.2. The highest BCUT2D eigenvalue weighted by atomic mass is 31.1. The lowest BCUT2D eigenvalue weighted by molar-refractivity contribution is 0.448. The second-order valence-electron chi connectivity index (χ2n) is 6.70. The van der Waals surface area contributed by atoms with E-state index in [0.29, 0.717) is 5.75 Å². The number of hydrogen-bond acceptors (Lipinski definition) is 3. The highest BCUT2D eigenvalue weighted by molar-refractivity contribution is 7.54. The van der Waals surface area contributed by atoms with Crippen LogP contribution in [0.5, 0.6) is 11.5 Å². The Labute approximate surface area is 142 Å². The molecule has 0 heterocycles. The molecule has 2 saturated carbocycles. The molecule has 0 bridgehead atoms. The highest BCUT2D eigenvalue weighted by Crippen LogP contribution is 2.56. The van der Waals surface area contributed by atoms with Crippen LogP contribution in [0.2, 0.25) is 0 Å². The van der Waals surface area contributed by atoms with E-state index >= 15 is 0 Å². The van der Waals surface area contributed by atoms with Gasteiger partial charge in [0.15, 0.2) is 0 Å². The molecule has 0 saturated heterocycles. The Morgan fingerprint density at radius 2 is 1.43 bits per heavy atom. The van der Waals surface area contributed by atoms with Crippen molar-refractivity contribution in [1.82, 2.24) is 0 Å². The molecule has 2 aliphatic carbocycles. The van der Waals surface area contributed by atoms with Gasteiger partial charge >= 0.3 is 0 Å². The van der Waals surface area contributed by atoms with E-state index in [9.17, 15) is 0 Å². The van der Waals surface area contributed by atoms with Gasteiger partial charge in [-0.25, -0.2) is 0 Å². The minimum atomic E-state index is -0.514. The van der Waals surface area contributed by atoms with E-state index < -0.39 is 17.2 Å². The van der Waals surface area contributed by atoms with Gasteiger partial charge in [0.25, 0.3) is 0 Å². The second-order valence-corrected chi connectivity index (χ2v) is 9.45. The minimum Gasteiger partial charge on any atom is -0.473 e.